The highest BCUT2D eigenvalue weighted by molar-refractivity contribution is 5.95. The van der Waals surface area contributed by atoms with Crippen molar-refractivity contribution >= 4 is 18.0 Å². The van der Waals surface area contributed by atoms with Crippen molar-refractivity contribution in [3.63, 3.8) is 0 Å². The Hall–Kier alpha value is -1.88. The Morgan fingerprint density at radius 2 is 2.06 bits per heavy atom. The summed E-state index contributed by atoms with van der Waals surface area (Å²) in [6.45, 7) is 1.56. The minimum atomic E-state index is -0.574. The van der Waals surface area contributed by atoms with Gasteiger partial charge in [-0.05, 0) is 24.6 Å². The van der Waals surface area contributed by atoms with Crippen molar-refractivity contribution in [1.29, 1.82) is 0 Å². The molecule has 0 aliphatic carbocycles. The molecule has 0 aromatic heterocycles. The Kier molecular flexibility index (Phi) is 4.47. The molecule has 1 aromatic rings. The third-order valence-electron chi connectivity index (χ3n) is 2.12. The number of anilines is 1. The quantitative estimate of drug-likeness (QED) is 0.625. The summed E-state index contributed by atoms with van der Waals surface area (Å²) >= 11 is 0. The van der Waals surface area contributed by atoms with E-state index in [1.165, 1.54) is 0 Å². The fourth-order valence-corrected chi connectivity index (χ4v) is 1.12. The van der Waals surface area contributed by atoms with Gasteiger partial charge in [-0.25, -0.2) is 0 Å². The van der Waals surface area contributed by atoms with Gasteiger partial charge in [0.05, 0.1) is 6.61 Å². The third kappa shape index (κ3) is 3.36. The predicted molar refractivity (Wildman–Crippen MR) is 59.7 cm³/mol. The number of aliphatic hydroxyl groups is 1. The number of hydrogen-bond donors (Lipinski definition) is 3. The van der Waals surface area contributed by atoms with E-state index in [0.717, 1.165) is 5.56 Å². The number of rotatable bonds is 5. The van der Waals surface area contributed by atoms with Gasteiger partial charge in [0.15, 0.2) is 0 Å². The molecule has 0 bridgehead atoms. The second-order valence-electron chi connectivity index (χ2n) is 3.35. The maximum atomic E-state index is 11.5. The molecule has 0 saturated heterocycles. The van der Waals surface area contributed by atoms with Crippen LogP contribution in [0.5, 0.6) is 0 Å². The van der Waals surface area contributed by atoms with E-state index in [9.17, 15) is 9.59 Å². The molecule has 0 heterocycles. The number of nitrogens with one attached hydrogen (secondary N) is 2. The molecule has 0 radical (unpaired) electrons. The molecular weight excluding hydrogens is 208 g/mol. The lowest BCUT2D eigenvalue weighted by atomic mass is 10.2. The van der Waals surface area contributed by atoms with Gasteiger partial charge in [-0.2, -0.15) is 0 Å². The van der Waals surface area contributed by atoms with Crippen molar-refractivity contribution in [3.05, 3.63) is 29.8 Å². The van der Waals surface area contributed by atoms with Crippen LogP contribution in [0.4, 0.5) is 5.69 Å². The van der Waals surface area contributed by atoms with Crippen LogP contribution in [0.15, 0.2) is 24.3 Å². The molecule has 0 saturated carbocycles. The highest BCUT2D eigenvalue weighted by atomic mass is 16.3. The minimum Gasteiger partial charge on any atom is -0.392 e. The molecule has 1 rings (SSSR count). The summed E-state index contributed by atoms with van der Waals surface area (Å²) in [5.74, 6) is -0.288. The second kappa shape index (κ2) is 5.87. The molecule has 0 aliphatic heterocycles. The maximum absolute atomic E-state index is 11.5. The Morgan fingerprint density at radius 3 is 2.56 bits per heavy atom. The van der Waals surface area contributed by atoms with E-state index < -0.39 is 6.04 Å². The van der Waals surface area contributed by atoms with E-state index in [-0.39, 0.29) is 12.5 Å². The standard InChI is InChI=1S/C11H14N2O3/c1-8(12-7-15)11(16)13-10-4-2-9(6-14)3-5-10/h2-5,7-8,14H,6H2,1H3,(H,12,15)(H,13,16). The van der Waals surface area contributed by atoms with Gasteiger partial charge >= 0.3 is 0 Å². The number of carbonyl (C=O) groups excluding carboxylic acids is 2. The van der Waals surface area contributed by atoms with Gasteiger partial charge in [-0.3, -0.25) is 9.59 Å². The van der Waals surface area contributed by atoms with Crippen molar-refractivity contribution in [2.45, 2.75) is 19.6 Å². The third-order valence-corrected chi connectivity index (χ3v) is 2.12. The van der Waals surface area contributed by atoms with Crippen LogP contribution in [-0.4, -0.2) is 23.5 Å². The molecule has 0 aliphatic rings. The highest BCUT2D eigenvalue weighted by Crippen LogP contribution is 2.09. The first-order valence-electron chi connectivity index (χ1n) is 4.87. The average Bonchev–Trinajstić information content (AvgIpc) is 2.30. The summed E-state index contributed by atoms with van der Waals surface area (Å²) in [4.78, 5) is 21.6. The van der Waals surface area contributed by atoms with Gasteiger partial charge < -0.3 is 15.7 Å². The van der Waals surface area contributed by atoms with Crippen molar-refractivity contribution in [3.8, 4) is 0 Å². The maximum Gasteiger partial charge on any atom is 0.246 e. The Labute approximate surface area is 93.5 Å². The first-order valence-corrected chi connectivity index (χ1v) is 4.87. The Bertz CT molecular complexity index is 362. The van der Waals surface area contributed by atoms with Crippen LogP contribution >= 0.6 is 0 Å². The van der Waals surface area contributed by atoms with E-state index in [2.05, 4.69) is 10.6 Å². The van der Waals surface area contributed by atoms with Gasteiger partial charge in [-0.1, -0.05) is 12.1 Å². The van der Waals surface area contributed by atoms with Crippen molar-refractivity contribution in [2.75, 3.05) is 5.32 Å². The average molecular weight is 222 g/mol. The van der Waals surface area contributed by atoms with Gasteiger partial charge in [-0.15, -0.1) is 0 Å². The Morgan fingerprint density at radius 1 is 1.44 bits per heavy atom. The first-order chi connectivity index (χ1) is 7.67. The van der Waals surface area contributed by atoms with E-state index in [0.29, 0.717) is 12.1 Å². The molecule has 1 aromatic carbocycles. The normalized spacial score (nSPS) is 11.6. The number of hydrogen-bond acceptors (Lipinski definition) is 3. The minimum absolute atomic E-state index is 0.0304. The Balaban J connectivity index is 2.58. The van der Waals surface area contributed by atoms with Gasteiger partial charge in [0, 0.05) is 5.69 Å². The smallest absolute Gasteiger partial charge is 0.246 e. The fourth-order valence-electron chi connectivity index (χ4n) is 1.12. The zero-order valence-corrected chi connectivity index (χ0v) is 8.93. The van der Waals surface area contributed by atoms with Crippen molar-refractivity contribution < 1.29 is 14.7 Å². The van der Waals surface area contributed by atoms with Crippen LogP contribution in [-0.2, 0) is 16.2 Å². The van der Waals surface area contributed by atoms with E-state index in [4.69, 9.17) is 5.11 Å². The molecule has 86 valence electrons. The van der Waals surface area contributed by atoms with E-state index in [1.54, 1.807) is 31.2 Å². The summed E-state index contributed by atoms with van der Waals surface area (Å²) in [7, 11) is 0. The zero-order valence-electron chi connectivity index (χ0n) is 8.93. The van der Waals surface area contributed by atoms with Crippen LogP contribution in [0.2, 0.25) is 0 Å². The van der Waals surface area contributed by atoms with Gasteiger partial charge in [0.1, 0.15) is 6.04 Å². The molecule has 3 N–H and O–H groups in total. The lowest BCUT2D eigenvalue weighted by Crippen LogP contribution is -2.37. The number of benzene rings is 1. The van der Waals surface area contributed by atoms with E-state index in [1.807, 2.05) is 0 Å². The lowest BCUT2D eigenvalue weighted by Gasteiger charge is -2.11. The molecule has 0 spiro atoms. The van der Waals surface area contributed by atoms with Crippen molar-refractivity contribution in [1.82, 2.24) is 5.32 Å². The van der Waals surface area contributed by atoms with Crippen molar-refractivity contribution in [2.24, 2.45) is 0 Å². The molecule has 1 atom stereocenters. The largest absolute Gasteiger partial charge is 0.392 e. The molecular formula is C11H14N2O3. The molecule has 0 fully saturated rings. The van der Waals surface area contributed by atoms with Gasteiger partial charge in [0.25, 0.3) is 0 Å². The molecule has 5 heteroatoms. The van der Waals surface area contributed by atoms with Crippen LogP contribution < -0.4 is 10.6 Å². The molecule has 1 unspecified atom stereocenters. The number of aliphatic hydroxyl groups excluding tert-OH is 1. The summed E-state index contributed by atoms with van der Waals surface area (Å²) in [6.07, 6.45) is 0.485. The predicted octanol–water partition coefficient (Wildman–Crippen LogP) is 0.252. The summed E-state index contributed by atoms with van der Waals surface area (Å²) in [6, 6.07) is 6.24. The summed E-state index contributed by atoms with van der Waals surface area (Å²) in [5.41, 5.74) is 1.40. The summed E-state index contributed by atoms with van der Waals surface area (Å²) in [5, 5.41) is 13.8. The monoisotopic (exact) mass is 222 g/mol. The SMILES string of the molecule is CC(NC=O)C(=O)Nc1ccc(CO)cc1. The topological polar surface area (TPSA) is 78.4 Å². The first kappa shape index (κ1) is 12.2. The fraction of sp³-hybridized carbons (Fsp3) is 0.273. The lowest BCUT2D eigenvalue weighted by molar-refractivity contribution is -0.120. The van der Waals surface area contributed by atoms with Gasteiger partial charge in [0.2, 0.25) is 12.3 Å². The zero-order chi connectivity index (χ0) is 12.0. The van der Waals surface area contributed by atoms with Crippen LogP contribution in [0.1, 0.15) is 12.5 Å². The van der Waals surface area contributed by atoms with Crippen LogP contribution in [0.3, 0.4) is 0 Å². The second-order valence-corrected chi connectivity index (χ2v) is 3.35. The highest BCUT2D eigenvalue weighted by Gasteiger charge is 2.10. The number of carbonyl (C=O) groups is 2. The summed E-state index contributed by atoms with van der Waals surface area (Å²) < 4.78 is 0. The number of amides is 2. The van der Waals surface area contributed by atoms with E-state index >= 15 is 0 Å². The molecule has 2 amide bonds. The molecule has 16 heavy (non-hydrogen) atoms. The van der Waals surface area contributed by atoms with Crippen LogP contribution in [0.25, 0.3) is 0 Å². The molecule has 5 nitrogen and oxygen atoms in total. The van der Waals surface area contributed by atoms with Crippen LogP contribution in [0, 0.1) is 0 Å².